The number of fused-ring (bicyclic) bond motifs is 1. The number of nitrogens with one attached hydrogen (secondary N) is 1. The lowest BCUT2D eigenvalue weighted by atomic mass is 10.2. The van der Waals surface area contributed by atoms with Gasteiger partial charge in [0.05, 0.1) is 12.6 Å². The molecule has 0 saturated carbocycles. The van der Waals surface area contributed by atoms with Crippen LogP contribution in [0.2, 0.25) is 0 Å². The van der Waals surface area contributed by atoms with E-state index in [-0.39, 0.29) is 18.4 Å². The van der Waals surface area contributed by atoms with Crippen molar-refractivity contribution in [3.05, 3.63) is 66.4 Å². The molecule has 3 rings (SSSR count). The predicted octanol–water partition coefficient (Wildman–Crippen LogP) is 3.34. The van der Waals surface area contributed by atoms with Gasteiger partial charge in [0.25, 0.3) is 5.91 Å². The number of anilines is 1. The molecule has 6 heteroatoms. The number of para-hydroxylation sites is 1. The highest BCUT2D eigenvalue weighted by Gasteiger charge is 2.19. The van der Waals surface area contributed by atoms with Gasteiger partial charge in [-0.2, -0.15) is 0 Å². The Bertz CT molecular complexity index is 972. The first kappa shape index (κ1) is 18.4. The summed E-state index contributed by atoms with van der Waals surface area (Å²) in [6.45, 7) is 2.18. The van der Waals surface area contributed by atoms with E-state index in [1.807, 2.05) is 37.3 Å². The van der Waals surface area contributed by atoms with Gasteiger partial charge in [-0.05, 0) is 31.2 Å². The highest BCUT2D eigenvalue weighted by molar-refractivity contribution is 5.99. The zero-order valence-electron chi connectivity index (χ0n) is 15.3. The van der Waals surface area contributed by atoms with E-state index in [0.29, 0.717) is 23.7 Å². The van der Waals surface area contributed by atoms with Crippen molar-refractivity contribution in [2.75, 3.05) is 25.5 Å². The largest absolute Gasteiger partial charge is 0.497 e. The molecule has 1 N–H and O–H groups in total. The molecular formula is C21H21N3O3. The lowest BCUT2D eigenvalue weighted by molar-refractivity contribution is -0.116. The molecule has 0 spiro atoms. The standard InChI is InChI=1S/C21H21N3O3/c1-3-24(14-20(25)22-16-8-6-9-17(13-16)27-2)21(26)19-12-11-15-7-4-5-10-18(15)23-19/h4-13H,3,14H2,1-2H3,(H,22,25). The van der Waals surface area contributed by atoms with Gasteiger partial charge in [0.1, 0.15) is 18.0 Å². The number of ether oxygens (including phenoxy) is 1. The van der Waals surface area contributed by atoms with Crippen LogP contribution in [-0.4, -0.2) is 41.9 Å². The fourth-order valence-electron chi connectivity index (χ4n) is 2.75. The number of rotatable bonds is 6. The zero-order valence-corrected chi connectivity index (χ0v) is 15.3. The van der Waals surface area contributed by atoms with Gasteiger partial charge in [0.15, 0.2) is 0 Å². The number of carbonyl (C=O) groups excluding carboxylic acids is 2. The van der Waals surface area contributed by atoms with Crippen molar-refractivity contribution in [2.45, 2.75) is 6.92 Å². The maximum Gasteiger partial charge on any atom is 0.272 e. The van der Waals surface area contributed by atoms with Crippen molar-refractivity contribution in [3.8, 4) is 5.75 Å². The number of aromatic nitrogens is 1. The molecule has 2 amide bonds. The highest BCUT2D eigenvalue weighted by Crippen LogP contribution is 2.17. The van der Waals surface area contributed by atoms with Crippen LogP contribution in [0.4, 0.5) is 5.69 Å². The van der Waals surface area contributed by atoms with Crippen molar-refractivity contribution in [2.24, 2.45) is 0 Å². The molecule has 0 unspecified atom stereocenters. The van der Waals surface area contributed by atoms with E-state index in [9.17, 15) is 9.59 Å². The van der Waals surface area contributed by atoms with E-state index in [0.717, 1.165) is 10.9 Å². The summed E-state index contributed by atoms with van der Waals surface area (Å²) in [4.78, 5) is 31.0. The average molecular weight is 363 g/mol. The number of pyridine rings is 1. The summed E-state index contributed by atoms with van der Waals surface area (Å²) in [7, 11) is 1.56. The lowest BCUT2D eigenvalue weighted by Crippen LogP contribution is -2.38. The molecule has 0 fully saturated rings. The minimum absolute atomic E-state index is 0.0545. The Morgan fingerprint density at radius 1 is 1.07 bits per heavy atom. The van der Waals surface area contributed by atoms with Crippen LogP contribution in [0.15, 0.2) is 60.7 Å². The van der Waals surface area contributed by atoms with Crippen molar-refractivity contribution in [1.29, 1.82) is 0 Å². The summed E-state index contributed by atoms with van der Waals surface area (Å²) < 4.78 is 5.15. The van der Waals surface area contributed by atoms with Crippen LogP contribution >= 0.6 is 0 Å². The van der Waals surface area contributed by atoms with Gasteiger partial charge in [-0.3, -0.25) is 9.59 Å². The summed E-state index contributed by atoms with van der Waals surface area (Å²) in [5.74, 6) is 0.0971. The van der Waals surface area contributed by atoms with E-state index in [1.54, 1.807) is 37.4 Å². The van der Waals surface area contributed by atoms with E-state index in [2.05, 4.69) is 10.3 Å². The van der Waals surface area contributed by atoms with Crippen LogP contribution in [0.25, 0.3) is 10.9 Å². The number of hydrogen-bond donors (Lipinski definition) is 1. The van der Waals surface area contributed by atoms with Gasteiger partial charge in [-0.25, -0.2) is 4.98 Å². The SMILES string of the molecule is CCN(CC(=O)Nc1cccc(OC)c1)C(=O)c1ccc2ccccc2n1. The third-order valence-electron chi connectivity index (χ3n) is 4.17. The van der Waals surface area contributed by atoms with Crippen molar-refractivity contribution in [1.82, 2.24) is 9.88 Å². The molecule has 0 aliphatic rings. The van der Waals surface area contributed by atoms with Crippen LogP contribution in [0.3, 0.4) is 0 Å². The second-order valence-corrected chi connectivity index (χ2v) is 5.99. The molecule has 0 bridgehead atoms. The summed E-state index contributed by atoms with van der Waals surface area (Å²) in [6.07, 6.45) is 0. The Morgan fingerprint density at radius 2 is 1.89 bits per heavy atom. The van der Waals surface area contributed by atoms with Gasteiger partial charge >= 0.3 is 0 Å². The van der Waals surface area contributed by atoms with E-state index >= 15 is 0 Å². The van der Waals surface area contributed by atoms with Crippen LogP contribution in [0.1, 0.15) is 17.4 Å². The number of likely N-dealkylation sites (N-methyl/N-ethyl adjacent to an activating group) is 1. The third-order valence-corrected chi connectivity index (χ3v) is 4.17. The first-order chi connectivity index (χ1) is 13.1. The van der Waals surface area contributed by atoms with E-state index in [4.69, 9.17) is 4.74 Å². The number of hydrogen-bond acceptors (Lipinski definition) is 4. The monoisotopic (exact) mass is 363 g/mol. The molecule has 27 heavy (non-hydrogen) atoms. The first-order valence-corrected chi connectivity index (χ1v) is 8.69. The highest BCUT2D eigenvalue weighted by atomic mass is 16.5. The van der Waals surface area contributed by atoms with Gasteiger partial charge in [0, 0.05) is 23.7 Å². The second-order valence-electron chi connectivity index (χ2n) is 5.99. The second kappa shape index (κ2) is 8.31. The van der Waals surface area contributed by atoms with Crippen LogP contribution in [0.5, 0.6) is 5.75 Å². The van der Waals surface area contributed by atoms with Gasteiger partial charge in [-0.1, -0.05) is 30.3 Å². The Kier molecular flexibility index (Phi) is 5.66. The molecule has 6 nitrogen and oxygen atoms in total. The van der Waals surface area contributed by atoms with Crippen LogP contribution in [-0.2, 0) is 4.79 Å². The van der Waals surface area contributed by atoms with E-state index < -0.39 is 0 Å². The van der Waals surface area contributed by atoms with Crippen molar-refractivity contribution in [3.63, 3.8) is 0 Å². The average Bonchev–Trinajstić information content (AvgIpc) is 2.71. The normalized spacial score (nSPS) is 10.4. The van der Waals surface area contributed by atoms with Gasteiger partial charge < -0.3 is 15.0 Å². The molecule has 138 valence electrons. The molecule has 2 aromatic carbocycles. The molecule has 0 radical (unpaired) electrons. The number of benzene rings is 2. The molecule has 0 aliphatic carbocycles. The van der Waals surface area contributed by atoms with Crippen molar-refractivity contribution >= 4 is 28.4 Å². The number of carbonyl (C=O) groups is 2. The Labute approximate surface area is 157 Å². The topological polar surface area (TPSA) is 71.5 Å². The van der Waals surface area contributed by atoms with Crippen molar-refractivity contribution < 1.29 is 14.3 Å². The van der Waals surface area contributed by atoms with Gasteiger partial charge in [0.2, 0.25) is 5.91 Å². The maximum absolute atomic E-state index is 12.8. The lowest BCUT2D eigenvalue weighted by Gasteiger charge is -2.20. The Hall–Kier alpha value is -3.41. The number of methoxy groups -OCH3 is 1. The summed E-state index contributed by atoms with van der Waals surface area (Å²) in [5, 5.41) is 3.75. The number of nitrogens with zero attached hydrogens (tertiary/aromatic N) is 2. The molecule has 1 heterocycles. The van der Waals surface area contributed by atoms with Crippen LogP contribution < -0.4 is 10.1 Å². The quantitative estimate of drug-likeness (QED) is 0.729. The molecule has 1 aromatic heterocycles. The smallest absolute Gasteiger partial charge is 0.272 e. The number of amides is 2. The van der Waals surface area contributed by atoms with Crippen LogP contribution in [0, 0.1) is 0 Å². The zero-order chi connectivity index (χ0) is 19.2. The first-order valence-electron chi connectivity index (χ1n) is 8.69. The molecule has 0 atom stereocenters. The Balaban J connectivity index is 1.71. The minimum atomic E-state index is -0.278. The Morgan fingerprint density at radius 3 is 2.67 bits per heavy atom. The summed E-state index contributed by atoms with van der Waals surface area (Å²) >= 11 is 0. The fourth-order valence-corrected chi connectivity index (χ4v) is 2.75. The summed E-state index contributed by atoms with van der Waals surface area (Å²) in [6, 6.07) is 18.2. The fraction of sp³-hybridized carbons (Fsp3) is 0.190. The predicted molar refractivity (Wildman–Crippen MR) is 105 cm³/mol. The third kappa shape index (κ3) is 4.41. The molecule has 3 aromatic rings. The van der Waals surface area contributed by atoms with E-state index in [1.165, 1.54) is 4.90 Å². The summed E-state index contributed by atoms with van der Waals surface area (Å²) in [5.41, 5.74) is 1.69. The minimum Gasteiger partial charge on any atom is -0.497 e. The molecule has 0 aliphatic heterocycles. The van der Waals surface area contributed by atoms with Gasteiger partial charge in [-0.15, -0.1) is 0 Å². The maximum atomic E-state index is 12.8. The molecule has 0 saturated heterocycles. The molecular weight excluding hydrogens is 342 g/mol.